The summed E-state index contributed by atoms with van der Waals surface area (Å²) >= 11 is 0. The van der Waals surface area contributed by atoms with Gasteiger partial charge in [-0.3, -0.25) is 9.80 Å². The third-order valence-electron chi connectivity index (χ3n) is 7.51. The van der Waals surface area contributed by atoms with Gasteiger partial charge in [-0.15, -0.1) is 0 Å². The first-order valence-electron chi connectivity index (χ1n) is 13.4. The van der Waals surface area contributed by atoms with E-state index < -0.39 is 18.0 Å². The number of fused-ring (bicyclic) bond motifs is 2. The Bertz CT molecular complexity index is 1460. The van der Waals surface area contributed by atoms with Crippen molar-refractivity contribution in [1.29, 1.82) is 0 Å². The van der Waals surface area contributed by atoms with E-state index in [4.69, 9.17) is 9.90 Å². The van der Waals surface area contributed by atoms with Gasteiger partial charge in [0.05, 0.1) is 11.4 Å². The minimum atomic E-state index is -5.08. The number of carbonyl (C=O) groups is 2. The van der Waals surface area contributed by atoms with Crippen LogP contribution in [0.25, 0.3) is 5.65 Å². The molecule has 3 aromatic heterocycles. The van der Waals surface area contributed by atoms with Crippen LogP contribution in [0, 0.1) is 18.7 Å². The molecule has 220 valence electrons. The highest BCUT2D eigenvalue weighted by atomic mass is 19.4. The number of alkyl halides is 3. The number of anilines is 3. The molecule has 0 radical (unpaired) electrons. The van der Waals surface area contributed by atoms with Crippen LogP contribution in [0.15, 0.2) is 30.7 Å². The molecule has 6 rings (SSSR count). The fraction of sp³-hybridized carbons (Fsp3) is 0.481. The lowest BCUT2D eigenvalue weighted by molar-refractivity contribution is -0.192. The van der Waals surface area contributed by atoms with Crippen LogP contribution in [0.3, 0.4) is 0 Å². The summed E-state index contributed by atoms with van der Waals surface area (Å²) in [7, 11) is 0. The molecule has 3 aliphatic rings. The molecule has 41 heavy (non-hydrogen) atoms. The molecule has 3 aromatic rings. The first-order valence-corrected chi connectivity index (χ1v) is 13.4. The maximum absolute atomic E-state index is 14.4. The molecule has 5 heterocycles. The van der Waals surface area contributed by atoms with Crippen molar-refractivity contribution < 1.29 is 32.3 Å². The highest BCUT2D eigenvalue weighted by Gasteiger charge is 2.38. The minimum Gasteiger partial charge on any atom is -0.475 e. The van der Waals surface area contributed by atoms with Gasteiger partial charge in [0.1, 0.15) is 5.82 Å². The number of urea groups is 1. The van der Waals surface area contributed by atoms with Gasteiger partial charge in [-0.25, -0.2) is 23.9 Å². The van der Waals surface area contributed by atoms with E-state index in [0.29, 0.717) is 24.1 Å². The molecule has 10 nitrogen and oxygen atoms in total. The first-order chi connectivity index (χ1) is 19.4. The lowest BCUT2D eigenvalue weighted by atomic mass is 10.1. The van der Waals surface area contributed by atoms with Crippen LogP contribution in [-0.4, -0.2) is 81.3 Å². The van der Waals surface area contributed by atoms with Crippen molar-refractivity contribution in [3.05, 3.63) is 47.8 Å². The van der Waals surface area contributed by atoms with E-state index >= 15 is 0 Å². The van der Waals surface area contributed by atoms with Gasteiger partial charge in [0.2, 0.25) is 0 Å². The van der Waals surface area contributed by atoms with E-state index in [0.717, 1.165) is 43.2 Å². The molecule has 0 spiro atoms. The molecule has 1 saturated heterocycles. The van der Waals surface area contributed by atoms with E-state index in [1.807, 2.05) is 6.92 Å². The molecule has 1 atom stereocenters. The molecular weight excluding hydrogens is 546 g/mol. The van der Waals surface area contributed by atoms with Crippen LogP contribution in [0.4, 0.5) is 39.5 Å². The fourth-order valence-corrected chi connectivity index (χ4v) is 5.32. The van der Waals surface area contributed by atoms with Crippen molar-refractivity contribution in [2.45, 2.75) is 45.3 Å². The van der Waals surface area contributed by atoms with E-state index in [9.17, 15) is 22.4 Å². The van der Waals surface area contributed by atoms with Crippen LogP contribution in [0.2, 0.25) is 0 Å². The lowest BCUT2D eigenvalue weighted by Crippen LogP contribution is -2.52. The predicted octanol–water partition coefficient (Wildman–Crippen LogP) is 4.33. The van der Waals surface area contributed by atoms with E-state index in [2.05, 4.69) is 38.1 Å². The number of aromatic nitrogens is 3. The summed E-state index contributed by atoms with van der Waals surface area (Å²) in [6.07, 6.45) is 3.64. The highest BCUT2D eigenvalue weighted by molar-refractivity contribution is 6.03. The summed E-state index contributed by atoms with van der Waals surface area (Å²) in [6.45, 7) is 8.94. The molecule has 1 saturated carbocycles. The van der Waals surface area contributed by atoms with Crippen LogP contribution in [0.1, 0.15) is 31.0 Å². The highest BCUT2D eigenvalue weighted by Crippen LogP contribution is 2.36. The smallest absolute Gasteiger partial charge is 0.475 e. The van der Waals surface area contributed by atoms with Crippen molar-refractivity contribution >= 4 is 34.8 Å². The van der Waals surface area contributed by atoms with Crippen molar-refractivity contribution in [1.82, 2.24) is 19.3 Å². The monoisotopic (exact) mass is 577 g/mol. The largest absolute Gasteiger partial charge is 0.490 e. The summed E-state index contributed by atoms with van der Waals surface area (Å²) in [5.41, 5.74) is 3.65. The number of aryl methyl sites for hydroxylation is 1. The van der Waals surface area contributed by atoms with Gasteiger partial charge in [0, 0.05) is 74.7 Å². The van der Waals surface area contributed by atoms with Crippen molar-refractivity contribution in [2.75, 3.05) is 47.8 Å². The van der Waals surface area contributed by atoms with Gasteiger partial charge in [-0.2, -0.15) is 13.2 Å². The van der Waals surface area contributed by atoms with Crippen LogP contribution >= 0.6 is 0 Å². The van der Waals surface area contributed by atoms with Gasteiger partial charge >= 0.3 is 18.2 Å². The summed E-state index contributed by atoms with van der Waals surface area (Å²) in [5.74, 6) is -1.63. The number of halogens is 4. The lowest BCUT2D eigenvalue weighted by Gasteiger charge is -2.41. The number of rotatable bonds is 4. The molecule has 14 heteroatoms. The van der Waals surface area contributed by atoms with Gasteiger partial charge in [0.15, 0.2) is 11.5 Å². The Hall–Kier alpha value is -3.94. The van der Waals surface area contributed by atoms with Gasteiger partial charge in [0.25, 0.3) is 0 Å². The SMILES string of the molecule is Cc1cn2cc(NC(=O)N3CCc4c(N5CCN(CC6CC6)[C@@H](C)C5)ccnc43)cc(F)c2n1.O=C(O)C(F)(F)F. The van der Waals surface area contributed by atoms with Crippen LogP contribution < -0.4 is 15.1 Å². The van der Waals surface area contributed by atoms with Gasteiger partial charge in [-0.1, -0.05) is 0 Å². The number of nitrogens with zero attached hydrogens (tertiary/aromatic N) is 6. The summed E-state index contributed by atoms with van der Waals surface area (Å²) in [4.78, 5) is 37.5. The Labute approximate surface area is 233 Å². The van der Waals surface area contributed by atoms with E-state index in [1.165, 1.54) is 31.1 Å². The molecule has 0 aromatic carbocycles. The molecule has 2 amide bonds. The Morgan fingerprint density at radius 1 is 1.17 bits per heavy atom. The number of aliphatic carboxylic acids is 1. The normalized spacial score (nSPS) is 19.1. The molecule has 0 bridgehead atoms. The zero-order valence-electron chi connectivity index (χ0n) is 22.7. The minimum absolute atomic E-state index is 0.250. The van der Waals surface area contributed by atoms with Gasteiger partial charge < -0.3 is 19.7 Å². The average Bonchev–Trinajstić information content (AvgIpc) is 3.47. The molecular formula is C27H31F4N7O3. The number of piperazine rings is 1. The molecule has 1 aliphatic carbocycles. The molecule has 2 fully saturated rings. The Morgan fingerprint density at radius 2 is 1.90 bits per heavy atom. The fourth-order valence-electron chi connectivity index (χ4n) is 5.32. The number of hydrogen-bond donors (Lipinski definition) is 2. The van der Waals surface area contributed by atoms with Gasteiger partial charge in [-0.05, 0) is 45.1 Å². The number of carboxylic acids is 1. The van der Waals surface area contributed by atoms with Crippen molar-refractivity contribution in [2.24, 2.45) is 5.92 Å². The number of amides is 2. The van der Waals surface area contributed by atoms with Crippen molar-refractivity contribution in [3.63, 3.8) is 0 Å². The number of hydrogen-bond acceptors (Lipinski definition) is 6. The van der Waals surface area contributed by atoms with Crippen molar-refractivity contribution in [3.8, 4) is 0 Å². The number of carbonyl (C=O) groups excluding carboxylic acids is 1. The number of pyridine rings is 2. The third-order valence-corrected chi connectivity index (χ3v) is 7.51. The summed E-state index contributed by atoms with van der Waals surface area (Å²) in [5, 5.41) is 9.97. The molecule has 2 N–H and O–H groups in total. The molecule has 0 unspecified atom stereocenters. The Balaban J connectivity index is 0.000000431. The van der Waals surface area contributed by atoms with E-state index in [1.54, 1.807) is 27.9 Å². The second-order valence-corrected chi connectivity index (χ2v) is 10.7. The third kappa shape index (κ3) is 6.37. The summed E-state index contributed by atoms with van der Waals surface area (Å²) in [6, 6.07) is 3.59. The van der Waals surface area contributed by atoms with Crippen LogP contribution in [-0.2, 0) is 11.2 Å². The number of imidazole rings is 1. The quantitative estimate of drug-likeness (QED) is 0.445. The predicted molar refractivity (Wildman–Crippen MR) is 144 cm³/mol. The number of nitrogens with one attached hydrogen (secondary N) is 1. The second kappa shape index (κ2) is 11.1. The first kappa shape index (κ1) is 28.6. The zero-order valence-corrected chi connectivity index (χ0v) is 22.7. The van der Waals surface area contributed by atoms with Crippen LogP contribution in [0.5, 0.6) is 0 Å². The standard InChI is InChI=1S/C25H30FN7O.C2HF3O2/c1-16-12-32-15-19(11-21(26)24(32)28-16)29-25(34)33-8-6-20-22(5-7-27-23(20)33)31-10-9-30(17(2)13-31)14-18-3-4-18;3-2(4,5)1(6)7/h5,7,11-12,15,17-18H,3-4,6,8-10,13-14H2,1-2H3,(H,29,34);(H,6,7)/t17-;/m0./s1. The maximum Gasteiger partial charge on any atom is 0.490 e. The Kier molecular flexibility index (Phi) is 7.77. The topological polar surface area (TPSA) is 106 Å². The van der Waals surface area contributed by atoms with E-state index in [-0.39, 0.29) is 11.7 Å². The summed E-state index contributed by atoms with van der Waals surface area (Å²) < 4.78 is 47.8. The zero-order chi connectivity index (χ0) is 29.5. The number of carboxylic acid groups (broad SMARTS) is 1. The Morgan fingerprint density at radius 3 is 2.56 bits per heavy atom. The molecule has 2 aliphatic heterocycles. The maximum atomic E-state index is 14.4. The second-order valence-electron chi connectivity index (χ2n) is 10.7. The average molecular weight is 578 g/mol.